The third kappa shape index (κ3) is 2.49. The molecule has 0 radical (unpaired) electrons. The Hall–Kier alpha value is -1.77. The Morgan fingerprint density at radius 3 is 2.47 bits per heavy atom. The molecule has 1 heterocycles. The van der Waals surface area contributed by atoms with Gasteiger partial charge in [-0.25, -0.2) is 4.79 Å². The van der Waals surface area contributed by atoms with E-state index in [1.165, 1.54) is 12.7 Å². The summed E-state index contributed by atoms with van der Waals surface area (Å²) >= 11 is 0. The molecule has 0 N–H and O–H groups in total. The van der Waals surface area contributed by atoms with E-state index in [0.29, 0.717) is 5.69 Å². The largest absolute Gasteiger partial charge is 0.464 e. The van der Waals surface area contributed by atoms with Crippen LogP contribution in [0.4, 0.5) is 0 Å². The van der Waals surface area contributed by atoms with Crippen LogP contribution >= 0.6 is 0 Å². The lowest BCUT2D eigenvalue weighted by atomic mass is 10.2. The van der Waals surface area contributed by atoms with E-state index in [9.17, 15) is 4.79 Å². The van der Waals surface area contributed by atoms with Crippen molar-refractivity contribution < 1.29 is 9.53 Å². The van der Waals surface area contributed by atoms with Crippen LogP contribution in [0.1, 0.15) is 29.9 Å². The number of fused-ring (bicyclic) bond motifs is 1. The number of benzene rings is 1. The van der Waals surface area contributed by atoms with Gasteiger partial charge in [-0.3, -0.25) is 0 Å². The van der Waals surface area contributed by atoms with Crippen molar-refractivity contribution in [1.82, 2.24) is 4.57 Å². The second kappa shape index (κ2) is 5.53. The molecule has 0 aliphatic carbocycles. The number of carbonyl (C=O) groups is 1. The molecule has 2 rings (SSSR count). The topological polar surface area (TPSA) is 31.2 Å². The second-order valence-electron chi connectivity index (χ2n) is 3.64. The molecule has 3 nitrogen and oxygen atoms in total. The maximum absolute atomic E-state index is 11.4. The number of rotatable bonds is 1. The first-order valence-corrected chi connectivity index (χ1v) is 5.78. The van der Waals surface area contributed by atoms with E-state index in [4.69, 9.17) is 4.74 Å². The lowest BCUT2D eigenvalue weighted by molar-refractivity contribution is 0.0590. The predicted octanol–water partition coefficient (Wildman–Crippen LogP) is 3.30. The van der Waals surface area contributed by atoms with Crippen molar-refractivity contribution in [3.8, 4) is 0 Å². The van der Waals surface area contributed by atoms with E-state index in [0.717, 1.165) is 10.9 Å². The summed E-state index contributed by atoms with van der Waals surface area (Å²) in [5.74, 6) is -0.300. The third-order valence-corrected chi connectivity index (χ3v) is 2.59. The van der Waals surface area contributed by atoms with Crippen LogP contribution in [0.2, 0.25) is 0 Å². The van der Waals surface area contributed by atoms with E-state index < -0.39 is 0 Å². The molecule has 3 heteroatoms. The third-order valence-electron chi connectivity index (χ3n) is 2.59. The molecule has 1 aromatic heterocycles. The standard InChI is InChI=1S/C12H13NO2.C2H6/c1-8-4-5-10-9(6-8)7-11(13(10)2)12(14)15-3;1-2/h4-7H,1-3H3;1-2H3. The summed E-state index contributed by atoms with van der Waals surface area (Å²) in [4.78, 5) is 11.4. The zero-order valence-corrected chi connectivity index (χ0v) is 11.1. The van der Waals surface area contributed by atoms with Gasteiger partial charge in [-0.15, -0.1) is 0 Å². The highest BCUT2D eigenvalue weighted by molar-refractivity contribution is 5.95. The monoisotopic (exact) mass is 233 g/mol. The van der Waals surface area contributed by atoms with Crippen molar-refractivity contribution in [2.45, 2.75) is 20.8 Å². The molecule has 92 valence electrons. The Balaban J connectivity index is 0.000000686. The zero-order chi connectivity index (χ0) is 13.0. The first-order chi connectivity index (χ1) is 8.13. The minimum atomic E-state index is -0.300. The molecule has 0 saturated carbocycles. The van der Waals surface area contributed by atoms with Gasteiger partial charge >= 0.3 is 5.97 Å². The van der Waals surface area contributed by atoms with Gasteiger partial charge in [0, 0.05) is 18.0 Å². The maximum Gasteiger partial charge on any atom is 0.354 e. The van der Waals surface area contributed by atoms with Crippen molar-refractivity contribution in [3.05, 3.63) is 35.5 Å². The number of hydrogen-bond acceptors (Lipinski definition) is 2. The summed E-state index contributed by atoms with van der Waals surface area (Å²) in [7, 11) is 3.26. The zero-order valence-electron chi connectivity index (χ0n) is 11.1. The lowest BCUT2D eigenvalue weighted by Gasteiger charge is -2.01. The maximum atomic E-state index is 11.4. The molecule has 0 aliphatic rings. The number of ether oxygens (including phenoxy) is 1. The number of aryl methyl sites for hydroxylation is 2. The number of aromatic nitrogens is 1. The molecule has 0 saturated heterocycles. The molecular formula is C14H19NO2. The fourth-order valence-electron chi connectivity index (χ4n) is 1.77. The van der Waals surface area contributed by atoms with Crippen LogP contribution < -0.4 is 0 Å². The van der Waals surface area contributed by atoms with Gasteiger partial charge in [-0.05, 0) is 25.1 Å². The molecule has 0 unspecified atom stereocenters. The number of methoxy groups -OCH3 is 1. The van der Waals surface area contributed by atoms with Gasteiger partial charge in [-0.1, -0.05) is 25.5 Å². The van der Waals surface area contributed by atoms with Gasteiger partial charge in [-0.2, -0.15) is 0 Å². The molecule has 2 aromatic rings. The molecular weight excluding hydrogens is 214 g/mol. The summed E-state index contributed by atoms with van der Waals surface area (Å²) in [5, 5.41) is 1.07. The summed E-state index contributed by atoms with van der Waals surface area (Å²) in [5.41, 5.74) is 2.81. The van der Waals surface area contributed by atoms with Gasteiger partial charge in [0.05, 0.1) is 7.11 Å². The first-order valence-electron chi connectivity index (χ1n) is 5.78. The molecule has 0 amide bonds. The van der Waals surface area contributed by atoms with Crippen LogP contribution in [0.25, 0.3) is 10.9 Å². The van der Waals surface area contributed by atoms with Crippen LogP contribution in [0.5, 0.6) is 0 Å². The Morgan fingerprint density at radius 1 is 1.24 bits per heavy atom. The number of hydrogen-bond donors (Lipinski definition) is 0. The second-order valence-corrected chi connectivity index (χ2v) is 3.64. The Bertz CT molecular complexity index is 526. The SMILES string of the molecule is CC.COC(=O)c1cc2cc(C)ccc2n1C. The van der Waals surface area contributed by atoms with Crippen molar-refractivity contribution in [3.63, 3.8) is 0 Å². The summed E-state index contributed by atoms with van der Waals surface area (Å²) < 4.78 is 6.56. The lowest BCUT2D eigenvalue weighted by Crippen LogP contribution is -2.06. The van der Waals surface area contributed by atoms with Gasteiger partial charge in [0.25, 0.3) is 0 Å². The van der Waals surface area contributed by atoms with Crippen molar-refractivity contribution >= 4 is 16.9 Å². The average molecular weight is 233 g/mol. The number of esters is 1. The molecule has 0 aliphatic heterocycles. The van der Waals surface area contributed by atoms with Crippen molar-refractivity contribution in [1.29, 1.82) is 0 Å². The van der Waals surface area contributed by atoms with Crippen LogP contribution in [0, 0.1) is 6.92 Å². The quantitative estimate of drug-likeness (QED) is 0.708. The summed E-state index contributed by atoms with van der Waals surface area (Å²) in [6.45, 7) is 6.03. The highest BCUT2D eigenvalue weighted by Gasteiger charge is 2.12. The minimum absolute atomic E-state index is 0.300. The molecule has 17 heavy (non-hydrogen) atoms. The van der Waals surface area contributed by atoms with Gasteiger partial charge in [0.15, 0.2) is 0 Å². The normalized spacial score (nSPS) is 9.71. The predicted molar refractivity (Wildman–Crippen MR) is 70.3 cm³/mol. The van der Waals surface area contributed by atoms with Crippen LogP contribution in [-0.4, -0.2) is 17.6 Å². The van der Waals surface area contributed by atoms with E-state index >= 15 is 0 Å². The van der Waals surface area contributed by atoms with E-state index in [1.807, 2.05) is 50.6 Å². The van der Waals surface area contributed by atoms with Crippen LogP contribution in [0.3, 0.4) is 0 Å². The van der Waals surface area contributed by atoms with Crippen LogP contribution in [-0.2, 0) is 11.8 Å². The summed E-state index contributed by atoms with van der Waals surface area (Å²) in [6.07, 6.45) is 0. The van der Waals surface area contributed by atoms with E-state index in [1.54, 1.807) is 0 Å². The van der Waals surface area contributed by atoms with Gasteiger partial charge in [0.1, 0.15) is 5.69 Å². The smallest absolute Gasteiger partial charge is 0.354 e. The Morgan fingerprint density at radius 2 is 1.88 bits per heavy atom. The minimum Gasteiger partial charge on any atom is -0.464 e. The van der Waals surface area contributed by atoms with E-state index in [-0.39, 0.29) is 5.97 Å². The number of carbonyl (C=O) groups excluding carboxylic acids is 1. The molecule has 0 fully saturated rings. The highest BCUT2D eigenvalue weighted by atomic mass is 16.5. The first kappa shape index (κ1) is 13.3. The molecule has 0 spiro atoms. The molecule has 0 bridgehead atoms. The van der Waals surface area contributed by atoms with Gasteiger partial charge in [0.2, 0.25) is 0 Å². The van der Waals surface area contributed by atoms with E-state index in [2.05, 4.69) is 6.07 Å². The number of nitrogens with zero attached hydrogens (tertiary/aromatic N) is 1. The Kier molecular flexibility index (Phi) is 4.32. The van der Waals surface area contributed by atoms with Crippen molar-refractivity contribution in [2.24, 2.45) is 7.05 Å². The van der Waals surface area contributed by atoms with Crippen molar-refractivity contribution in [2.75, 3.05) is 7.11 Å². The van der Waals surface area contributed by atoms with Gasteiger partial charge < -0.3 is 9.30 Å². The fourth-order valence-corrected chi connectivity index (χ4v) is 1.77. The Labute approximate surface area is 102 Å². The fraction of sp³-hybridized carbons (Fsp3) is 0.357. The molecule has 1 aromatic carbocycles. The highest BCUT2D eigenvalue weighted by Crippen LogP contribution is 2.20. The summed E-state index contributed by atoms with van der Waals surface area (Å²) in [6, 6.07) is 7.95. The average Bonchev–Trinajstić information content (AvgIpc) is 2.68. The molecule has 0 atom stereocenters. The van der Waals surface area contributed by atoms with Crippen LogP contribution in [0.15, 0.2) is 24.3 Å².